The molecule has 0 aromatic carbocycles. The molecule has 0 aliphatic carbocycles. The number of nitrogen functional groups attached to an aromatic ring is 1. The number of hydrogen-bond donors (Lipinski definition) is 4. The Morgan fingerprint density at radius 1 is 1.50 bits per heavy atom. The lowest BCUT2D eigenvalue weighted by Crippen LogP contribution is -2.53. The molecule has 1 rings (SSSR count). The minimum absolute atomic E-state index is 0.0836. The van der Waals surface area contributed by atoms with E-state index in [0.717, 1.165) is 0 Å². The quantitative estimate of drug-likeness (QED) is 0.541. The van der Waals surface area contributed by atoms with Crippen LogP contribution in [0, 0.1) is 24.7 Å². The van der Waals surface area contributed by atoms with Gasteiger partial charge in [-0.05, 0) is 26.8 Å². The molecule has 7 nitrogen and oxygen atoms in total. The summed E-state index contributed by atoms with van der Waals surface area (Å²) < 4.78 is 1.23. The number of aromatic nitrogens is 2. The van der Waals surface area contributed by atoms with E-state index in [1.807, 2.05) is 0 Å². The fourth-order valence-corrected chi connectivity index (χ4v) is 2.46. The zero-order valence-electron chi connectivity index (χ0n) is 13.2. The van der Waals surface area contributed by atoms with Gasteiger partial charge in [-0.25, -0.2) is 4.79 Å². The predicted molar refractivity (Wildman–Crippen MR) is 83.0 cm³/mol. The van der Waals surface area contributed by atoms with E-state index >= 15 is 0 Å². The minimum Gasteiger partial charge on any atom is -0.396 e. The Kier molecular flexibility index (Phi) is 5.72. The van der Waals surface area contributed by atoms with Gasteiger partial charge in [0.15, 0.2) is 5.60 Å². The molecule has 1 aromatic rings. The van der Waals surface area contributed by atoms with Crippen LogP contribution in [0.3, 0.4) is 0 Å². The number of hydrogen-bond acceptors (Lipinski definition) is 6. The Hall–Kier alpha value is -1.88. The third kappa shape index (κ3) is 3.30. The molecule has 1 aromatic heterocycles. The monoisotopic (exact) mass is 309 g/mol. The number of nitrogens with zero attached hydrogens (tertiary/aromatic N) is 2. The number of rotatable bonds is 5. The normalized spacial score (nSPS) is 17.8. The second kappa shape index (κ2) is 6.92. The first-order valence-electron chi connectivity index (χ1n) is 6.99. The number of aliphatic hydroxyl groups excluding tert-OH is 2. The molecule has 22 heavy (non-hydrogen) atoms. The van der Waals surface area contributed by atoms with Gasteiger partial charge in [-0.15, -0.1) is 5.92 Å². The maximum absolute atomic E-state index is 12.1. The summed E-state index contributed by atoms with van der Waals surface area (Å²) in [6.45, 7) is 5.98. The van der Waals surface area contributed by atoms with Crippen molar-refractivity contribution in [1.29, 1.82) is 0 Å². The van der Waals surface area contributed by atoms with Crippen LogP contribution in [0.1, 0.15) is 32.5 Å². The smallest absolute Gasteiger partial charge is 0.350 e. The highest BCUT2D eigenvalue weighted by atomic mass is 16.3. The van der Waals surface area contributed by atoms with Crippen molar-refractivity contribution in [1.82, 2.24) is 9.55 Å². The van der Waals surface area contributed by atoms with E-state index < -0.39 is 29.4 Å². The fourth-order valence-electron chi connectivity index (χ4n) is 2.46. The molecule has 0 bridgehead atoms. The second-order valence-electron chi connectivity index (χ2n) is 5.46. The molecule has 0 aliphatic heterocycles. The summed E-state index contributed by atoms with van der Waals surface area (Å²) in [7, 11) is 0. The third-order valence-corrected chi connectivity index (χ3v) is 3.79. The second-order valence-corrected chi connectivity index (χ2v) is 5.46. The Labute approximate surface area is 129 Å². The molecular weight excluding hydrogens is 286 g/mol. The van der Waals surface area contributed by atoms with Crippen LogP contribution in [0.25, 0.3) is 0 Å². The molecule has 122 valence electrons. The molecule has 0 aliphatic rings. The molecule has 7 heteroatoms. The molecule has 0 amide bonds. The van der Waals surface area contributed by atoms with Crippen molar-refractivity contribution in [3.05, 3.63) is 22.2 Å². The average molecular weight is 309 g/mol. The summed E-state index contributed by atoms with van der Waals surface area (Å²) in [5.74, 6) is 4.60. The summed E-state index contributed by atoms with van der Waals surface area (Å²) in [5.41, 5.74) is 3.47. The molecule has 0 spiro atoms. The van der Waals surface area contributed by atoms with E-state index in [4.69, 9.17) is 5.73 Å². The van der Waals surface area contributed by atoms with Crippen molar-refractivity contribution >= 4 is 5.82 Å². The van der Waals surface area contributed by atoms with Gasteiger partial charge in [-0.2, -0.15) is 4.98 Å². The topological polar surface area (TPSA) is 122 Å². The molecule has 0 saturated carbocycles. The number of aryl methyl sites for hydroxylation is 1. The van der Waals surface area contributed by atoms with Crippen LogP contribution < -0.4 is 11.4 Å². The van der Waals surface area contributed by atoms with E-state index in [9.17, 15) is 20.1 Å². The largest absolute Gasteiger partial charge is 0.396 e. The van der Waals surface area contributed by atoms with Crippen molar-refractivity contribution in [2.45, 2.75) is 45.4 Å². The maximum atomic E-state index is 12.1. The van der Waals surface area contributed by atoms with Crippen molar-refractivity contribution in [2.75, 3.05) is 12.3 Å². The van der Waals surface area contributed by atoms with Gasteiger partial charge in [0.05, 0.1) is 6.04 Å². The molecule has 0 saturated heterocycles. The van der Waals surface area contributed by atoms with Crippen LogP contribution >= 0.6 is 0 Å². The Morgan fingerprint density at radius 2 is 2.09 bits per heavy atom. The predicted octanol–water partition coefficient (Wildman–Crippen LogP) is -0.561. The molecule has 1 heterocycles. The molecule has 0 fully saturated rings. The van der Waals surface area contributed by atoms with Crippen LogP contribution in [0.4, 0.5) is 5.82 Å². The zero-order chi connectivity index (χ0) is 17.1. The first-order chi connectivity index (χ1) is 10.2. The minimum atomic E-state index is -1.91. The van der Waals surface area contributed by atoms with Gasteiger partial charge in [0.25, 0.3) is 0 Å². The van der Waals surface area contributed by atoms with Gasteiger partial charge in [0, 0.05) is 18.2 Å². The number of nitrogens with two attached hydrogens (primary N) is 1. The highest BCUT2D eigenvalue weighted by Crippen LogP contribution is 2.29. The Morgan fingerprint density at radius 3 is 2.55 bits per heavy atom. The summed E-state index contributed by atoms with van der Waals surface area (Å²) in [5, 5.41) is 30.4. The van der Waals surface area contributed by atoms with Crippen LogP contribution in [-0.4, -0.2) is 43.2 Å². The van der Waals surface area contributed by atoms with E-state index in [0.29, 0.717) is 5.69 Å². The van der Waals surface area contributed by atoms with Crippen LogP contribution in [0.5, 0.6) is 0 Å². The van der Waals surface area contributed by atoms with E-state index in [-0.39, 0.29) is 12.4 Å². The fraction of sp³-hybridized carbons (Fsp3) is 0.600. The Balaban J connectivity index is 3.45. The van der Waals surface area contributed by atoms with Gasteiger partial charge in [0.1, 0.15) is 11.9 Å². The van der Waals surface area contributed by atoms with Crippen molar-refractivity contribution in [2.24, 2.45) is 5.92 Å². The maximum Gasteiger partial charge on any atom is 0.350 e. The standard InChI is InChI=1S/C15H23N3O4/c1-5-6-15(22,13(20)9(2)8-19)11(4)18-10(3)7-12(16)17-14(18)21/h7,9,11,13,19-20,22H,8H2,1-4H3,(H2,16,17,21)/t9-,11-,13?,15?/m1/s1. The lowest BCUT2D eigenvalue weighted by atomic mass is 9.83. The van der Waals surface area contributed by atoms with E-state index in [2.05, 4.69) is 16.8 Å². The van der Waals surface area contributed by atoms with Gasteiger partial charge >= 0.3 is 5.69 Å². The van der Waals surface area contributed by atoms with Gasteiger partial charge in [0.2, 0.25) is 0 Å². The SMILES string of the molecule is CC#CC(O)(C(O)[C@H](C)CO)[C@@H](C)n1c(C)cc(N)nc1=O. The van der Waals surface area contributed by atoms with E-state index in [1.54, 1.807) is 20.8 Å². The summed E-state index contributed by atoms with van der Waals surface area (Å²) in [4.78, 5) is 15.7. The van der Waals surface area contributed by atoms with Crippen LogP contribution in [0.2, 0.25) is 0 Å². The molecule has 0 radical (unpaired) electrons. The van der Waals surface area contributed by atoms with E-state index in [1.165, 1.54) is 17.6 Å². The van der Waals surface area contributed by atoms with Crippen LogP contribution in [-0.2, 0) is 0 Å². The van der Waals surface area contributed by atoms with Crippen LogP contribution in [0.15, 0.2) is 10.9 Å². The third-order valence-electron chi connectivity index (χ3n) is 3.79. The van der Waals surface area contributed by atoms with Crippen molar-refractivity contribution < 1.29 is 15.3 Å². The summed E-state index contributed by atoms with van der Waals surface area (Å²) in [6.07, 6.45) is -1.34. The highest BCUT2D eigenvalue weighted by Gasteiger charge is 2.44. The molecule has 2 unspecified atom stereocenters. The van der Waals surface area contributed by atoms with Crippen molar-refractivity contribution in [3.63, 3.8) is 0 Å². The van der Waals surface area contributed by atoms with Crippen molar-refractivity contribution in [3.8, 4) is 11.8 Å². The number of aliphatic hydroxyl groups is 3. The molecule has 4 atom stereocenters. The summed E-state index contributed by atoms with van der Waals surface area (Å²) in [6, 6.07) is 0.615. The average Bonchev–Trinajstić information content (AvgIpc) is 2.44. The lowest BCUT2D eigenvalue weighted by molar-refractivity contribution is -0.0939. The first kappa shape index (κ1) is 18.2. The Bertz CT molecular complexity index is 646. The molecule has 5 N–H and O–H groups in total. The first-order valence-corrected chi connectivity index (χ1v) is 6.99. The molecular formula is C15H23N3O4. The highest BCUT2D eigenvalue weighted by molar-refractivity contribution is 5.29. The zero-order valence-corrected chi connectivity index (χ0v) is 13.2. The van der Waals surface area contributed by atoms with Gasteiger partial charge in [-0.3, -0.25) is 4.57 Å². The summed E-state index contributed by atoms with van der Waals surface area (Å²) >= 11 is 0. The lowest BCUT2D eigenvalue weighted by Gasteiger charge is -2.37. The van der Waals surface area contributed by atoms with Gasteiger partial charge in [-0.1, -0.05) is 12.8 Å². The number of anilines is 1. The van der Waals surface area contributed by atoms with Gasteiger partial charge < -0.3 is 21.1 Å².